The van der Waals surface area contributed by atoms with Crippen molar-refractivity contribution in [2.75, 3.05) is 21.3 Å². The first-order valence-electron chi connectivity index (χ1n) is 8.09. The van der Waals surface area contributed by atoms with E-state index in [4.69, 9.17) is 14.2 Å². The van der Waals surface area contributed by atoms with Crippen molar-refractivity contribution >= 4 is 5.91 Å². The lowest BCUT2D eigenvalue weighted by Gasteiger charge is -2.17. The zero-order valence-corrected chi connectivity index (χ0v) is 15.6. The average Bonchev–Trinajstić information content (AvgIpc) is 2.62. The molecule has 0 aromatic heterocycles. The molecule has 2 aromatic carbocycles. The second-order valence-electron chi connectivity index (χ2n) is 5.95. The van der Waals surface area contributed by atoms with Gasteiger partial charge in [-0.15, -0.1) is 0 Å². The smallest absolute Gasteiger partial charge is 0.252 e. The van der Waals surface area contributed by atoms with Crippen molar-refractivity contribution < 1.29 is 19.0 Å². The molecule has 2 aromatic rings. The van der Waals surface area contributed by atoms with Gasteiger partial charge in [-0.3, -0.25) is 4.79 Å². The molecule has 134 valence electrons. The van der Waals surface area contributed by atoms with E-state index in [-0.39, 0.29) is 11.9 Å². The molecule has 0 spiro atoms. The summed E-state index contributed by atoms with van der Waals surface area (Å²) in [6, 6.07) is 9.35. The van der Waals surface area contributed by atoms with Crippen LogP contribution in [0.1, 0.15) is 40.0 Å². The summed E-state index contributed by atoms with van der Waals surface area (Å²) in [4.78, 5) is 12.7. The SMILES string of the molecule is COc1cc(C(=O)NC(C)c2ccc(C)c(C)c2)cc(OC)c1OC. The van der Waals surface area contributed by atoms with Gasteiger partial charge >= 0.3 is 0 Å². The van der Waals surface area contributed by atoms with Crippen LogP contribution >= 0.6 is 0 Å². The number of aryl methyl sites for hydroxylation is 2. The Hall–Kier alpha value is -2.69. The van der Waals surface area contributed by atoms with E-state index in [0.29, 0.717) is 22.8 Å². The zero-order chi connectivity index (χ0) is 18.6. The number of hydrogen-bond acceptors (Lipinski definition) is 4. The van der Waals surface area contributed by atoms with Gasteiger partial charge in [0.2, 0.25) is 5.75 Å². The molecule has 0 fully saturated rings. The second-order valence-corrected chi connectivity index (χ2v) is 5.95. The highest BCUT2D eigenvalue weighted by molar-refractivity contribution is 5.95. The Morgan fingerprint density at radius 2 is 1.52 bits per heavy atom. The van der Waals surface area contributed by atoms with Crippen LogP contribution in [-0.4, -0.2) is 27.2 Å². The molecule has 5 heteroatoms. The fraction of sp³-hybridized carbons (Fsp3) is 0.350. The molecule has 1 unspecified atom stereocenters. The number of rotatable bonds is 6. The van der Waals surface area contributed by atoms with Gasteiger partial charge in [-0.25, -0.2) is 0 Å². The monoisotopic (exact) mass is 343 g/mol. The van der Waals surface area contributed by atoms with Crippen LogP contribution in [0.15, 0.2) is 30.3 Å². The van der Waals surface area contributed by atoms with Gasteiger partial charge in [0, 0.05) is 5.56 Å². The third kappa shape index (κ3) is 4.05. The minimum atomic E-state index is -0.204. The first-order chi connectivity index (χ1) is 11.9. The van der Waals surface area contributed by atoms with Crippen molar-refractivity contribution in [2.45, 2.75) is 26.8 Å². The Morgan fingerprint density at radius 1 is 0.920 bits per heavy atom. The van der Waals surface area contributed by atoms with Crippen LogP contribution in [0.25, 0.3) is 0 Å². The molecular formula is C20H25NO4. The zero-order valence-electron chi connectivity index (χ0n) is 15.6. The normalized spacial score (nSPS) is 11.6. The lowest BCUT2D eigenvalue weighted by molar-refractivity contribution is 0.0939. The van der Waals surface area contributed by atoms with Gasteiger partial charge in [0.15, 0.2) is 11.5 Å². The molecule has 25 heavy (non-hydrogen) atoms. The van der Waals surface area contributed by atoms with Crippen molar-refractivity contribution in [1.82, 2.24) is 5.32 Å². The molecule has 0 saturated heterocycles. The lowest BCUT2D eigenvalue weighted by atomic mass is 10.0. The molecule has 0 saturated carbocycles. The van der Waals surface area contributed by atoms with Gasteiger partial charge in [0.05, 0.1) is 27.4 Å². The predicted octanol–water partition coefficient (Wildman–Crippen LogP) is 3.82. The fourth-order valence-corrected chi connectivity index (χ4v) is 2.61. The number of ether oxygens (including phenoxy) is 3. The molecule has 0 bridgehead atoms. The highest BCUT2D eigenvalue weighted by Crippen LogP contribution is 2.38. The Labute approximate surface area is 148 Å². The topological polar surface area (TPSA) is 56.8 Å². The van der Waals surface area contributed by atoms with E-state index in [2.05, 4.69) is 31.3 Å². The largest absolute Gasteiger partial charge is 0.493 e. The van der Waals surface area contributed by atoms with Crippen molar-refractivity contribution in [3.8, 4) is 17.2 Å². The molecule has 1 amide bonds. The molecule has 2 rings (SSSR count). The quantitative estimate of drug-likeness (QED) is 0.866. The summed E-state index contributed by atoms with van der Waals surface area (Å²) < 4.78 is 15.9. The van der Waals surface area contributed by atoms with Crippen molar-refractivity contribution in [2.24, 2.45) is 0 Å². The van der Waals surface area contributed by atoms with Gasteiger partial charge < -0.3 is 19.5 Å². The fourth-order valence-electron chi connectivity index (χ4n) is 2.61. The van der Waals surface area contributed by atoms with E-state index in [0.717, 1.165) is 5.56 Å². The summed E-state index contributed by atoms with van der Waals surface area (Å²) in [5.41, 5.74) is 3.94. The molecule has 1 N–H and O–H groups in total. The Balaban J connectivity index is 2.26. The molecule has 1 atom stereocenters. The van der Waals surface area contributed by atoms with Gasteiger partial charge in [0.1, 0.15) is 0 Å². The highest BCUT2D eigenvalue weighted by Gasteiger charge is 2.18. The number of amides is 1. The third-order valence-electron chi connectivity index (χ3n) is 4.31. The van der Waals surface area contributed by atoms with Crippen LogP contribution in [0.2, 0.25) is 0 Å². The first-order valence-corrected chi connectivity index (χ1v) is 8.09. The summed E-state index contributed by atoms with van der Waals surface area (Å²) in [6.07, 6.45) is 0. The minimum Gasteiger partial charge on any atom is -0.493 e. The number of methoxy groups -OCH3 is 3. The summed E-state index contributed by atoms with van der Waals surface area (Å²) in [7, 11) is 4.58. The molecule has 0 heterocycles. The summed E-state index contributed by atoms with van der Waals surface area (Å²) in [5.74, 6) is 1.16. The van der Waals surface area contributed by atoms with Crippen LogP contribution in [-0.2, 0) is 0 Å². The van der Waals surface area contributed by atoms with Gasteiger partial charge in [-0.2, -0.15) is 0 Å². The minimum absolute atomic E-state index is 0.120. The Bertz CT molecular complexity index is 745. The first kappa shape index (κ1) is 18.6. The van der Waals surface area contributed by atoms with Gasteiger partial charge in [-0.1, -0.05) is 18.2 Å². The van der Waals surface area contributed by atoms with E-state index in [1.54, 1.807) is 12.1 Å². The van der Waals surface area contributed by atoms with Crippen molar-refractivity contribution in [1.29, 1.82) is 0 Å². The van der Waals surface area contributed by atoms with E-state index in [1.165, 1.54) is 32.5 Å². The molecular weight excluding hydrogens is 318 g/mol. The van der Waals surface area contributed by atoms with E-state index < -0.39 is 0 Å². The summed E-state index contributed by atoms with van der Waals surface area (Å²) in [6.45, 7) is 6.09. The summed E-state index contributed by atoms with van der Waals surface area (Å²) >= 11 is 0. The van der Waals surface area contributed by atoms with E-state index in [9.17, 15) is 4.79 Å². The van der Waals surface area contributed by atoms with Crippen LogP contribution in [0.3, 0.4) is 0 Å². The number of benzene rings is 2. The maximum Gasteiger partial charge on any atom is 0.252 e. The molecule has 0 aliphatic heterocycles. The van der Waals surface area contributed by atoms with Crippen molar-refractivity contribution in [3.05, 3.63) is 52.6 Å². The number of hydrogen-bond donors (Lipinski definition) is 1. The molecule has 0 aliphatic rings. The van der Waals surface area contributed by atoms with Crippen LogP contribution in [0.5, 0.6) is 17.2 Å². The molecule has 0 radical (unpaired) electrons. The molecule has 5 nitrogen and oxygen atoms in total. The van der Waals surface area contributed by atoms with Crippen molar-refractivity contribution in [3.63, 3.8) is 0 Å². The van der Waals surface area contributed by atoms with E-state index in [1.807, 2.05) is 13.0 Å². The average molecular weight is 343 g/mol. The lowest BCUT2D eigenvalue weighted by Crippen LogP contribution is -2.26. The summed E-state index contributed by atoms with van der Waals surface area (Å²) in [5, 5.41) is 3.01. The predicted molar refractivity (Wildman–Crippen MR) is 97.9 cm³/mol. The highest BCUT2D eigenvalue weighted by atomic mass is 16.5. The number of carbonyl (C=O) groups excluding carboxylic acids is 1. The van der Waals surface area contributed by atoms with Crippen LogP contribution < -0.4 is 19.5 Å². The number of carbonyl (C=O) groups is 1. The molecule has 0 aliphatic carbocycles. The van der Waals surface area contributed by atoms with Gasteiger partial charge in [-0.05, 0) is 49.6 Å². The third-order valence-corrected chi connectivity index (χ3v) is 4.31. The van der Waals surface area contributed by atoms with Gasteiger partial charge in [0.25, 0.3) is 5.91 Å². The van der Waals surface area contributed by atoms with Crippen LogP contribution in [0.4, 0.5) is 0 Å². The van der Waals surface area contributed by atoms with Crippen LogP contribution in [0, 0.1) is 13.8 Å². The van der Waals surface area contributed by atoms with E-state index >= 15 is 0 Å². The Morgan fingerprint density at radius 3 is 2.00 bits per heavy atom. The standard InChI is InChI=1S/C20H25NO4/c1-12-7-8-15(9-13(12)2)14(3)21-20(22)16-10-17(23-4)19(25-6)18(11-16)24-5/h7-11,14H,1-6H3,(H,21,22). The second kappa shape index (κ2) is 7.92. The Kier molecular flexibility index (Phi) is 5.91. The maximum absolute atomic E-state index is 12.7. The maximum atomic E-state index is 12.7. The number of nitrogens with one attached hydrogen (secondary N) is 1.